The maximum Gasteiger partial charge on any atom is 0.416 e. The number of hydrogen-bond acceptors (Lipinski definition) is 5. The summed E-state index contributed by atoms with van der Waals surface area (Å²) in [5.74, 6) is -0.181. The maximum atomic E-state index is 13.0. The first-order valence-electron chi connectivity index (χ1n) is 10.9. The van der Waals surface area contributed by atoms with E-state index in [1.165, 1.54) is 18.4 Å². The molecular weight excluding hydrogens is 439 g/mol. The molecule has 0 spiro atoms. The number of amides is 2. The van der Waals surface area contributed by atoms with Crippen molar-refractivity contribution in [3.05, 3.63) is 59.5 Å². The molecule has 178 valence electrons. The number of benzene rings is 1. The Morgan fingerprint density at radius 1 is 1.15 bits per heavy atom. The lowest BCUT2D eigenvalue weighted by molar-refractivity contribution is -0.137. The Labute approximate surface area is 189 Å². The highest BCUT2D eigenvalue weighted by Gasteiger charge is 2.35. The minimum Gasteiger partial charge on any atom is -0.467 e. The van der Waals surface area contributed by atoms with Gasteiger partial charge in [-0.15, -0.1) is 0 Å². The predicted octanol–water partition coefficient (Wildman–Crippen LogP) is 2.84. The van der Waals surface area contributed by atoms with Gasteiger partial charge in [-0.1, -0.05) is 12.1 Å². The predicted molar refractivity (Wildman–Crippen MR) is 112 cm³/mol. The van der Waals surface area contributed by atoms with E-state index in [1.807, 2.05) is 0 Å². The second-order valence-electron chi connectivity index (χ2n) is 8.28. The number of alkyl halides is 3. The molecule has 33 heavy (non-hydrogen) atoms. The summed E-state index contributed by atoms with van der Waals surface area (Å²) in [6.45, 7) is 3.10. The first kappa shape index (κ1) is 23.3. The smallest absolute Gasteiger partial charge is 0.416 e. The minimum atomic E-state index is -4.41. The zero-order valence-corrected chi connectivity index (χ0v) is 18.0. The molecule has 2 amide bonds. The average Bonchev–Trinajstić information content (AvgIpc) is 3.44. The van der Waals surface area contributed by atoms with Crippen LogP contribution in [-0.4, -0.2) is 61.0 Å². The van der Waals surface area contributed by atoms with Crippen LogP contribution >= 0.6 is 0 Å². The first-order valence-corrected chi connectivity index (χ1v) is 10.9. The van der Waals surface area contributed by atoms with Gasteiger partial charge in [-0.25, -0.2) is 0 Å². The van der Waals surface area contributed by atoms with Gasteiger partial charge in [-0.2, -0.15) is 13.2 Å². The Bertz CT molecular complexity index is 941. The summed E-state index contributed by atoms with van der Waals surface area (Å²) in [4.78, 5) is 28.9. The van der Waals surface area contributed by atoms with Crippen molar-refractivity contribution in [2.75, 3.05) is 39.4 Å². The number of furan rings is 1. The lowest BCUT2D eigenvalue weighted by atomic mass is 10.0. The molecule has 2 atom stereocenters. The van der Waals surface area contributed by atoms with Gasteiger partial charge in [-0.3, -0.25) is 14.5 Å². The summed E-state index contributed by atoms with van der Waals surface area (Å²) >= 11 is 0. The molecular formula is C23H26F3N3O4. The molecule has 2 fully saturated rings. The monoisotopic (exact) mass is 465 g/mol. The van der Waals surface area contributed by atoms with Gasteiger partial charge in [0.15, 0.2) is 0 Å². The van der Waals surface area contributed by atoms with Gasteiger partial charge < -0.3 is 19.4 Å². The van der Waals surface area contributed by atoms with Gasteiger partial charge >= 0.3 is 6.18 Å². The second-order valence-corrected chi connectivity index (χ2v) is 8.28. The Hall–Kier alpha value is -2.85. The summed E-state index contributed by atoms with van der Waals surface area (Å²) in [6.07, 6.45) is -2.75. The third kappa shape index (κ3) is 5.75. The van der Waals surface area contributed by atoms with Crippen LogP contribution < -0.4 is 5.32 Å². The van der Waals surface area contributed by atoms with E-state index in [0.29, 0.717) is 50.7 Å². The maximum absolute atomic E-state index is 13.0. The van der Waals surface area contributed by atoms with E-state index in [0.717, 1.165) is 12.1 Å². The topological polar surface area (TPSA) is 75.0 Å². The number of nitrogens with one attached hydrogen (secondary N) is 1. The molecule has 1 aromatic heterocycles. The molecule has 2 unspecified atom stereocenters. The van der Waals surface area contributed by atoms with Crippen molar-refractivity contribution in [3.8, 4) is 0 Å². The van der Waals surface area contributed by atoms with E-state index >= 15 is 0 Å². The number of hydrogen-bond donors (Lipinski definition) is 1. The normalized spacial score (nSPS) is 20.8. The summed E-state index contributed by atoms with van der Waals surface area (Å²) in [5.41, 5.74) is -0.0238. The number of carbonyl (C=O) groups is 2. The highest BCUT2D eigenvalue weighted by Crippen LogP contribution is 2.31. The Balaban J connectivity index is 1.40. The molecule has 0 aliphatic carbocycles. The summed E-state index contributed by atoms with van der Waals surface area (Å²) in [6, 6.07) is 8.26. The lowest BCUT2D eigenvalue weighted by Crippen LogP contribution is -2.45. The fraction of sp³-hybridized carbons (Fsp3) is 0.478. The summed E-state index contributed by atoms with van der Waals surface area (Å²) < 4.78 is 49.6. The molecule has 1 N–H and O–H groups in total. The average molecular weight is 465 g/mol. The Kier molecular flexibility index (Phi) is 7.04. The van der Waals surface area contributed by atoms with Crippen LogP contribution in [0.25, 0.3) is 0 Å². The molecule has 2 aliphatic rings. The number of halogens is 3. The number of likely N-dealkylation sites (tertiary alicyclic amines) is 1. The quantitative estimate of drug-likeness (QED) is 0.681. The van der Waals surface area contributed by atoms with Crippen LogP contribution in [0.15, 0.2) is 47.1 Å². The van der Waals surface area contributed by atoms with Crippen LogP contribution in [0.2, 0.25) is 0 Å². The number of ether oxygens (including phenoxy) is 1. The van der Waals surface area contributed by atoms with E-state index in [2.05, 4.69) is 10.2 Å². The fourth-order valence-corrected chi connectivity index (χ4v) is 4.27. The highest BCUT2D eigenvalue weighted by atomic mass is 19.4. The molecule has 2 saturated heterocycles. The lowest BCUT2D eigenvalue weighted by Gasteiger charge is -2.35. The molecule has 10 heteroatoms. The number of rotatable bonds is 7. The van der Waals surface area contributed by atoms with Gasteiger partial charge in [0.05, 0.1) is 43.5 Å². The van der Waals surface area contributed by atoms with E-state index in [1.54, 1.807) is 17.0 Å². The Morgan fingerprint density at radius 2 is 1.88 bits per heavy atom. The van der Waals surface area contributed by atoms with Gasteiger partial charge in [0.1, 0.15) is 5.76 Å². The van der Waals surface area contributed by atoms with Crippen LogP contribution in [0.3, 0.4) is 0 Å². The molecule has 1 aromatic carbocycles. The van der Waals surface area contributed by atoms with E-state index in [9.17, 15) is 22.8 Å². The van der Waals surface area contributed by atoms with Crippen molar-refractivity contribution in [3.63, 3.8) is 0 Å². The first-order chi connectivity index (χ1) is 15.8. The molecule has 0 radical (unpaired) electrons. The van der Waals surface area contributed by atoms with Crippen molar-refractivity contribution < 1.29 is 31.9 Å². The van der Waals surface area contributed by atoms with Gasteiger partial charge in [0.25, 0.3) is 0 Å². The van der Waals surface area contributed by atoms with Gasteiger partial charge in [-0.05, 0) is 29.8 Å². The van der Waals surface area contributed by atoms with Crippen molar-refractivity contribution in [1.82, 2.24) is 15.1 Å². The van der Waals surface area contributed by atoms with Crippen molar-refractivity contribution >= 4 is 11.8 Å². The minimum absolute atomic E-state index is 0.112. The molecule has 0 saturated carbocycles. The van der Waals surface area contributed by atoms with Crippen molar-refractivity contribution in [2.24, 2.45) is 5.92 Å². The Morgan fingerprint density at radius 3 is 2.52 bits per heavy atom. The zero-order valence-electron chi connectivity index (χ0n) is 18.0. The number of morpholine rings is 1. The van der Waals surface area contributed by atoms with Gasteiger partial charge in [0, 0.05) is 32.6 Å². The molecule has 2 aromatic rings. The summed E-state index contributed by atoms with van der Waals surface area (Å²) in [5, 5.41) is 2.92. The SMILES string of the molecule is O=C(NCC(c1ccc(C(F)(F)F)cc1)N1CCOCC1)C1CC(=O)N(Cc2ccco2)C1. The van der Waals surface area contributed by atoms with E-state index in [-0.39, 0.29) is 30.8 Å². The van der Waals surface area contributed by atoms with Crippen LogP contribution in [0.4, 0.5) is 13.2 Å². The zero-order chi connectivity index (χ0) is 23.4. The van der Waals surface area contributed by atoms with E-state index < -0.39 is 17.7 Å². The number of nitrogens with zero attached hydrogens (tertiary/aromatic N) is 2. The molecule has 4 rings (SSSR count). The molecule has 3 heterocycles. The molecule has 0 bridgehead atoms. The third-order valence-corrected chi connectivity index (χ3v) is 6.09. The standard InChI is InChI=1S/C23H26F3N3O4/c24-23(25,26)18-5-3-16(4-6-18)20(28-7-10-32-11-8-28)13-27-22(31)17-12-21(30)29(14-17)15-19-2-1-9-33-19/h1-6,9,17,20H,7-8,10-15H2,(H,27,31). The largest absolute Gasteiger partial charge is 0.467 e. The van der Waals surface area contributed by atoms with Crippen molar-refractivity contribution in [2.45, 2.75) is 25.2 Å². The van der Waals surface area contributed by atoms with Crippen LogP contribution in [0.1, 0.15) is 29.3 Å². The van der Waals surface area contributed by atoms with Crippen LogP contribution in [-0.2, 0) is 27.0 Å². The summed E-state index contributed by atoms with van der Waals surface area (Å²) in [7, 11) is 0. The highest BCUT2D eigenvalue weighted by molar-refractivity contribution is 5.89. The fourth-order valence-electron chi connectivity index (χ4n) is 4.27. The van der Waals surface area contributed by atoms with Crippen LogP contribution in [0.5, 0.6) is 0 Å². The second kappa shape index (κ2) is 9.96. The van der Waals surface area contributed by atoms with Crippen LogP contribution in [0, 0.1) is 5.92 Å². The third-order valence-electron chi connectivity index (χ3n) is 6.09. The van der Waals surface area contributed by atoms with Crippen molar-refractivity contribution in [1.29, 1.82) is 0 Å². The molecule has 7 nitrogen and oxygen atoms in total. The molecule has 2 aliphatic heterocycles. The number of carbonyl (C=O) groups excluding carboxylic acids is 2. The van der Waals surface area contributed by atoms with E-state index in [4.69, 9.17) is 9.15 Å². The van der Waals surface area contributed by atoms with Gasteiger partial charge in [0.2, 0.25) is 11.8 Å².